The molecule has 110 valence electrons. The van der Waals surface area contributed by atoms with Gasteiger partial charge in [-0.05, 0) is 30.0 Å². The summed E-state index contributed by atoms with van der Waals surface area (Å²) in [6, 6.07) is 19.5. The van der Waals surface area contributed by atoms with Crippen LogP contribution >= 0.6 is 0 Å². The third kappa shape index (κ3) is 1.85. The molecule has 0 saturated carbocycles. The van der Waals surface area contributed by atoms with Crippen molar-refractivity contribution in [2.45, 2.75) is 31.7 Å². The van der Waals surface area contributed by atoms with E-state index in [9.17, 15) is 0 Å². The molecule has 1 atom stereocenters. The second-order valence-electron chi connectivity index (χ2n) is 6.54. The minimum absolute atomic E-state index is 0.0864. The number of nitrogens with zero attached hydrogens (tertiary/aromatic N) is 1. The first-order chi connectivity index (χ1) is 10.7. The van der Waals surface area contributed by atoms with Crippen LogP contribution in [-0.2, 0) is 18.4 Å². The summed E-state index contributed by atoms with van der Waals surface area (Å²) >= 11 is 0. The average Bonchev–Trinajstić information content (AvgIpc) is 3.07. The zero-order valence-corrected chi connectivity index (χ0v) is 13.0. The number of allylic oxidation sites excluding steroid dienone is 1. The summed E-state index contributed by atoms with van der Waals surface area (Å²) in [5.74, 6) is 0. The topological polar surface area (TPSA) is 4.93 Å². The molecule has 1 aliphatic carbocycles. The Bertz CT molecular complexity index is 841. The van der Waals surface area contributed by atoms with Crippen LogP contribution in [0.5, 0.6) is 0 Å². The van der Waals surface area contributed by atoms with Crippen LogP contribution in [0.25, 0.3) is 10.9 Å². The summed E-state index contributed by atoms with van der Waals surface area (Å²) in [4.78, 5) is 0. The molecule has 0 fully saturated rings. The number of fused-ring (bicyclic) bond motifs is 3. The molecule has 0 aliphatic heterocycles. The van der Waals surface area contributed by atoms with Crippen molar-refractivity contribution in [3.05, 3.63) is 84.1 Å². The fraction of sp³-hybridized carbons (Fsp3) is 0.238. The van der Waals surface area contributed by atoms with Crippen LogP contribution in [0.3, 0.4) is 0 Å². The van der Waals surface area contributed by atoms with Crippen LogP contribution in [0.2, 0.25) is 0 Å². The van der Waals surface area contributed by atoms with Gasteiger partial charge in [-0.25, -0.2) is 0 Å². The van der Waals surface area contributed by atoms with Crippen molar-refractivity contribution in [3.8, 4) is 0 Å². The lowest BCUT2D eigenvalue weighted by atomic mass is 9.88. The van der Waals surface area contributed by atoms with Gasteiger partial charge in [-0.15, -0.1) is 6.58 Å². The lowest BCUT2D eigenvalue weighted by Gasteiger charge is -2.23. The standard InChI is InChI=1S/C21H21N/c1-3-21(2)14-13-18-17-11-7-8-12-19(17)22(20(18)21)15-16-9-5-4-6-10-16/h3-12H,1,13-15H2,2H3. The summed E-state index contributed by atoms with van der Waals surface area (Å²) in [5, 5.41) is 1.42. The fourth-order valence-electron chi connectivity index (χ4n) is 3.91. The molecule has 0 saturated heterocycles. The van der Waals surface area contributed by atoms with Gasteiger partial charge in [-0.1, -0.05) is 61.5 Å². The first-order valence-electron chi connectivity index (χ1n) is 8.01. The highest BCUT2D eigenvalue weighted by atomic mass is 15.0. The van der Waals surface area contributed by atoms with E-state index in [1.54, 1.807) is 0 Å². The van der Waals surface area contributed by atoms with Crippen molar-refractivity contribution in [1.82, 2.24) is 4.57 Å². The van der Waals surface area contributed by atoms with Gasteiger partial charge in [0, 0.05) is 28.6 Å². The average molecular weight is 287 g/mol. The molecule has 3 aromatic rings. The SMILES string of the molecule is C=CC1(C)CCc2c1n(Cc1ccccc1)c1ccccc21. The van der Waals surface area contributed by atoms with Crippen LogP contribution in [0.15, 0.2) is 67.3 Å². The molecule has 1 aromatic heterocycles. The Morgan fingerprint density at radius 3 is 2.59 bits per heavy atom. The van der Waals surface area contributed by atoms with E-state index in [2.05, 4.69) is 78.7 Å². The Balaban J connectivity index is 1.97. The number of hydrogen-bond donors (Lipinski definition) is 0. The molecular formula is C21H21N. The van der Waals surface area contributed by atoms with Gasteiger partial charge in [-0.3, -0.25) is 0 Å². The number of hydrogen-bond acceptors (Lipinski definition) is 0. The molecule has 22 heavy (non-hydrogen) atoms. The van der Waals surface area contributed by atoms with Crippen molar-refractivity contribution < 1.29 is 0 Å². The quantitative estimate of drug-likeness (QED) is 0.592. The van der Waals surface area contributed by atoms with E-state index < -0.39 is 0 Å². The van der Waals surface area contributed by atoms with Crippen LogP contribution in [0.1, 0.15) is 30.2 Å². The summed E-state index contributed by atoms with van der Waals surface area (Å²) in [6.45, 7) is 7.37. The minimum atomic E-state index is 0.0864. The highest BCUT2D eigenvalue weighted by molar-refractivity contribution is 5.87. The number of aromatic nitrogens is 1. The van der Waals surface area contributed by atoms with E-state index in [1.165, 1.54) is 34.1 Å². The zero-order valence-electron chi connectivity index (χ0n) is 13.0. The van der Waals surface area contributed by atoms with Crippen LogP contribution in [-0.4, -0.2) is 4.57 Å². The summed E-state index contributed by atoms with van der Waals surface area (Å²) in [5.41, 5.74) is 5.78. The second-order valence-corrected chi connectivity index (χ2v) is 6.54. The van der Waals surface area contributed by atoms with Gasteiger partial charge in [0.05, 0.1) is 0 Å². The van der Waals surface area contributed by atoms with Crippen molar-refractivity contribution in [2.24, 2.45) is 0 Å². The zero-order chi connectivity index (χ0) is 15.2. The molecule has 0 amide bonds. The van der Waals surface area contributed by atoms with E-state index in [1.807, 2.05) is 0 Å². The Hall–Kier alpha value is -2.28. The van der Waals surface area contributed by atoms with Gasteiger partial charge in [0.2, 0.25) is 0 Å². The highest BCUT2D eigenvalue weighted by Crippen LogP contribution is 2.44. The Labute approximate surface area is 131 Å². The maximum absolute atomic E-state index is 4.12. The predicted molar refractivity (Wildman–Crippen MR) is 93.4 cm³/mol. The summed E-state index contributed by atoms with van der Waals surface area (Å²) in [7, 11) is 0. The smallest absolute Gasteiger partial charge is 0.0488 e. The molecule has 2 aromatic carbocycles. The monoisotopic (exact) mass is 287 g/mol. The lowest BCUT2D eigenvalue weighted by molar-refractivity contribution is 0.547. The summed E-state index contributed by atoms with van der Waals surface area (Å²) in [6.07, 6.45) is 4.46. The molecule has 1 heteroatoms. The van der Waals surface area contributed by atoms with Crippen molar-refractivity contribution in [3.63, 3.8) is 0 Å². The predicted octanol–water partition coefficient (Wildman–Crippen LogP) is 5.08. The summed E-state index contributed by atoms with van der Waals surface area (Å²) < 4.78 is 2.51. The van der Waals surface area contributed by atoms with E-state index in [0.29, 0.717) is 0 Å². The molecule has 4 rings (SSSR count). The Kier molecular flexibility index (Phi) is 2.97. The molecule has 1 nitrogen and oxygen atoms in total. The van der Waals surface area contributed by atoms with Crippen LogP contribution < -0.4 is 0 Å². The number of aryl methyl sites for hydroxylation is 1. The number of benzene rings is 2. The van der Waals surface area contributed by atoms with E-state index in [4.69, 9.17) is 0 Å². The largest absolute Gasteiger partial charge is 0.339 e. The molecule has 0 spiro atoms. The van der Waals surface area contributed by atoms with Crippen molar-refractivity contribution in [2.75, 3.05) is 0 Å². The third-order valence-corrected chi connectivity index (χ3v) is 5.15. The molecular weight excluding hydrogens is 266 g/mol. The van der Waals surface area contributed by atoms with Gasteiger partial charge in [-0.2, -0.15) is 0 Å². The molecule has 0 N–H and O–H groups in total. The van der Waals surface area contributed by atoms with Crippen LogP contribution in [0.4, 0.5) is 0 Å². The molecule has 0 radical (unpaired) electrons. The van der Waals surface area contributed by atoms with Gasteiger partial charge in [0.15, 0.2) is 0 Å². The van der Waals surface area contributed by atoms with E-state index in [-0.39, 0.29) is 5.41 Å². The van der Waals surface area contributed by atoms with E-state index in [0.717, 1.165) is 13.0 Å². The molecule has 0 bridgehead atoms. The minimum Gasteiger partial charge on any atom is -0.339 e. The Morgan fingerprint density at radius 1 is 1.09 bits per heavy atom. The first kappa shape index (κ1) is 13.4. The first-order valence-corrected chi connectivity index (χ1v) is 8.01. The lowest BCUT2D eigenvalue weighted by Crippen LogP contribution is -2.20. The Morgan fingerprint density at radius 2 is 1.82 bits per heavy atom. The third-order valence-electron chi connectivity index (χ3n) is 5.15. The van der Waals surface area contributed by atoms with Gasteiger partial charge >= 0.3 is 0 Å². The normalized spacial score (nSPS) is 20.2. The molecule has 1 heterocycles. The number of rotatable bonds is 3. The van der Waals surface area contributed by atoms with Gasteiger partial charge in [0.25, 0.3) is 0 Å². The van der Waals surface area contributed by atoms with Gasteiger partial charge in [0.1, 0.15) is 0 Å². The maximum atomic E-state index is 4.12. The fourth-order valence-corrected chi connectivity index (χ4v) is 3.91. The maximum Gasteiger partial charge on any atom is 0.0488 e. The van der Waals surface area contributed by atoms with Crippen LogP contribution in [0, 0.1) is 0 Å². The van der Waals surface area contributed by atoms with Crippen molar-refractivity contribution >= 4 is 10.9 Å². The molecule has 1 aliphatic rings. The second kappa shape index (κ2) is 4.88. The molecule has 1 unspecified atom stereocenters. The highest BCUT2D eigenvalue weighted by Gasteiger charge is 2.36. The van der Waals surface area contributed by atoms with E-state index >= 15 is 0 Å². The van der Waals surface area contributed by atoms with Crippen molar-refractivity contribution in [1.29, 1.82) is 0 Å². The number of para-hydroxylation sites is 1. The van der Waals surface area contributed by atoms with Gasteiger partial charge < -0.3 is 4.57 Å².